The van der Waals surface area contributed by atoms with Crippen LogP contribution in [0.25, 0.3) is 0 Å². The van der Waals surface area contributed by atoms with E-state index in [1.54, 1.807) is 12.1 Å². The quantitative estimate of drug-likeness (QED) is 0.886. The Bertz CT molecular complexity index is 565. The molecule has 0 atom stereocenters. The number of aromatic carboxylic acids is 1. The Hall–Kier alpha value is -2.04. The molecular weight excluding hydrogens is 268 g/mol. The maximum atomic E-state index is 12.1. The van der Waals surface area contributed by atoms with E-state index in [1.165, 1.54) is 12.8 Å². The first kappa shape index (κ1) is 13.9. The van der Waals surface area contributed by atoms with Gasteiger partial charge in [-0.3, -0.25) is 4.79 Å². The van der Waals surface area contributed by atoms with Crippen LogP contribution in [0.3, 0.4) is 0 Å². The van der Waals surface area contributed by atoms with Gasteiger partial charge >= 0.3 is 5.97 Å². The minimum absolute atomic E-state index is 0.0375. The SMILES string of the molecule is O=C(CN1CCc2ccc(C(=O)O)cc21)NC1CCCC1. The number of carbonyl (C=O) groups is 2. The van der Waals surface area contributed by atoms with E-state index in [9.17, 15) is 9.59 Å². The molecule has 0 bridgehead atoms. The topological polar surface area (TPSA) is 69.6 Å². The molecule has 0 radical (unpaired) electrons. The first-order valence-electron chi connectivity index (χ1n) is 7.54. The Morgan fingerprint density at radius 1 is 1.29 bits per heavy atom. The minimum Gasteiger partial charge on any atom is -0.478 e. The zero-order chi connectivity index (χ0) is 14.8. The Balaban J connectivity index is 1.67. The van der Waals surface area contributed by atoms with Crippen molar-refractivity contribution < 1.29 is 14.7 Å². The number of anilines is 1. The van der Waals surface area contributed by atoms with Crippen LogP contribution in [-0.2, 0) is 11.2 Å². The number of carbonyl (C=O) groups excluding carboxylic acids is 1. The Morgan fingerprint density at radius 3 is 2.76 bits per heavy atom. The van der Waals surface area contributed by atoms with Gasteiger partial charge in [-0.1, -0.05) is 18.9 Å². The van der Waals surface area contributed by atoms with Crippen molar-refractivity contribution in [2.24, 2.45) is 0 Å². The molecule has 3 rings (SSSR count). The molecule has 0 saturated heterocycles. The first-order chi connectivity index (χ1) is 10.1. The molecule has 1 aliphatic heterocycles. The molecular formula is C16H20N2O3. The van der Waals surface area contributed by atoms with Crippen LogP contribution < -0.4 is 10.2 Å². The molecule has 2 N–H and O–H groups in total. The monoisotopic (exact) mass is 288 g/mol. The predicted molar refractivity (Wildman–Crippen MR) is 79.7 cm³/mol. The summed E-state index contributed by atoms with van der Waals surface area (Å²) in [5.41, 5.74) is 2.28. The lowest BCUT2D eigenvalue weighted by Crippen LogP contribution is -2.40. The normalized spacial score (nSPS) is 17.8. The highest BCUT2D eigenvalue weighted by Gasteiger charge is 2.24. The largest absolute Gasteiger partial charge is 0.478 e. The summed E-state index contributed by atoms with van der Waals surface area (Å²) in [5.74, 6) is -0.893. The molecule has 1 heterocycles. The van der Waals surface area contributed by atoms with Crippen LogP contribution in [0.5, 0.6) is 0 Å². The molecule has 2 aliphatic rings. The lowest BCUT2D eigenvalue weighted by molar-refractivity contribution is -0.120. The molecule has 0 aromatic heterocycles. The van der Waals surface area contributed by atoms with Crippen molar-refractivity contribution in [2.45, 2.75) is 38.1 Å². The Labute approximate surface area is 123 Å². The lowest BCUT2D eigenvalue weighted by atomic mass is 10.1. The number of rotatable bonds is 4. The van der Waals surface area contributed by atoms with Gasteiger partial charge in [0.15, 0.2) is 0 Å². The van der Waals surface area contributed by atoms with Crippen molar-refractivity contribution in [1.82, 2.24) is 5.32 Å². The summed E-state index contributed by atoms with van der Waals surface area (Å²) in [7, 11) is 0. The lowest BCUT2D eigenvalue weighted by Gasteiger charge is -2.20. The summed E-state index contributed by atoms with van der Waals surface area (Å²) in [5, 5.41) is 12.2. The number of benzene rings is 1. The smallest absolute Gasteiger partial charge is 0.335 e. The highest BCUT2D eigenvalue weighted by Crippen LogP contribution is 2.29. The van der Waals surface area contributed by atoms with Crippen LogP contribution >= 0.6 is 0 Å². The second kappa shape index (κ2) is 5.76. The molecule has 1 aromatic carbocycles. The highest BCUT2D eigenvalue weighted by atomic mass is 16.4. The van der Waals surface area contributed by atoms with Crippen molar-refractivity contribution in [3.8, 4) is 0 Å². The van der Waals surface area contributed by atoms with Crippen molar-refractivity contribution in [2.75, 3.05) is 18.0 Å². The van der Waals surface area contributed by atoms with E-state index < -0.39 is 5.97 Å². The molecule has 5 heteroatoms. The van der Waals surface area contributed by atoms with Gasteiger partial charge in [-0.2, -0.15) is 0 Å². The molecule has 0 unspecified atom stereocenters. The number of fused-ring (bicyclic) bond motifs is 1. The van der Waals surface area contributed by atoms with Crippen LogP contribution in [0.4, 0.5) is 5.69 Å². The number of carboxylic acid groups (broad SMARTS) is 1. The van der Waals surface area contributed by atoms with E-state index in [4.69, 9.17) is 5.11 Å². The van der Waals surface area contributed by atoms with Gasteiger partial charge in [0.1, 0.15) is 0 Å². The zero-order valence-corrected chi connectivity index (χ0v) is 12.0. The van der Waals surface area contributed by atoms with Gasteiger partial charge in [0.05, 0.1) is 12.1 Å². The molecule has 21 heavy (non-hydrogen) atoms. The summed E-state index contributed by atoms with van der Waals surface area (Å²) < 4.78 is 0. The van der Waals surface area contributed by atoms with E-state index in [2.05, 4.69) is 5.32 Å². The third-order valence-corrected chi connectivity index (χ3v) is 4.38. The second-order valence-corrected chi connectivity index (χ2v) is 5.87. The molecule has 0 spiro atoms. The molecule has 1 fully saturated rings. The standard InChI is InChI=1S/C16H20N2O3/c19-15(17-13-3-1-2-4-13)10-18-8-7-11-5-6-12(16(20)21)9-14(11)18/h5-6,9,13H,1-4,7-8,10H2,(H,17,19)(H,20,21). The zero-order valence-electron chi connectivity index (χ0n) is 12.0. The maximum Gasteiger partial charge on any atom is 0.335 e. The average Bonchev–Trinajstić information content (AvgIpc) is 3.08. The fraction of sp³-hybridized carbons (Fsp3) is 0.500. The van der Waals surface area contributed by atoms with Crippen LogP contribution in [0.15, 0.2) is 18.2 Å². The van der Waals surface area contributed by atoms with E-state index in [-0.39, 0.29) is 11.5 Å². The average molecular weight is 288 g/mol. The molecule has 5 nitrogen and oxygen atoms in total. The van der Waals surface area contributed by atoms with Crippen LogP contribution in [0.1, 0.15) is 41.6 Å². The molecule has 1 amide bonds. The van der Waals surface area contributed by atoms with E-state index >= 15 is 0 Å². The number of hydrogen-bond acceptors (Lipinski definition) is 3. The van der Waals surface area contributed by atoms with Gasteiger partial charge in [0.2, 0.25) is 5.91 Å². The van der Waals surface area contributed by atoms with E-state index in [0.29, 0.717) is 12.6 Å². The summed E-state index contributed by atoms with van der Waals surface area (Å²) in [6.07, 6.45) is 5.40. The number of hydrogen-bond donors (Lipinski definition) is 2. The number of nitrogens with zero attached hydrogens (tertiary/aromatic N) is 1. The summed E-state index contributed by atoms with van der Waals surface area (Å²) in [6.45, 7) is 1.09. The number of nitrogens with one attached hydrogen (secondary N) is 1. The van der Waals surface area contributed by atoms with Crippen molar-refractivity contribution in [3.05, 3.63) is 29.3 Å². The van der Waals surface area contributed by atoms with Crippen molar-refractivity contribution in [1.29, 1.82) is 0 Å². The van der Waals surface area contributed by atoms with Crippen molar-refractivity contribution >= 4 is 17.6 Å². The Morgan fingerprint density at radius 2 is 2.05 bits per heavy atom. The fourth-order valence-electron chi connectivity index (χ4n) is 3.26. The van der Waals surface area contributed by atoms with Crippen LogP contribution in [-0.4, -0.2) is 36.1 Å². The van der Waals surface area contributed by atoms with Gasteiger partial charge in [-0.05, 0) is 37.0 Å². The number of amides is 1. The van der Waals surface area contributed by atoms with E-state index in [0.717, 1.165) is 37.1 Å². The summed E-state index contributed by atoms with van der Waals surface area (Å²) >= 11 is 0. The summed E-state index contributed by atoms with van der Waals surface area (Å²) in [4.78, 5) is 25.2. The van der Waals surface area contributed by atoms with Gasteiger partial charge < -0.3 is 15.3 Å². The van der Waals surface area contributed by atoms with Crippen molar-refractivity contribution in [3.63, 3.8) is 0 Å². The second-order valence-electron chi connectivity index (χ2n) is 5.87. The van der Waals surface area contributed by atoms with Crippen LogP contribution in [0.2, 0.25) is 0 Å². The first-order valence-corrected chi connectivity index (χ1v) is 7.54. The molecule has 112 valence electrons. The minimum atomic E-state index is -0.931. The predicted octanol–water partition coefficient (Wildman–Crippen LogP) is 1.81. The maximum absolute atomic E-state index is 12.1. The summed E-state index contributed by atoms with van der Waals surface area (Å²) in [6, 6.07) is 5.48. The highest BCUT2D eigenvalue weighted by molar-refractivity contribution is 5.90. The third-order valence-electron chi connectivity index (χ3n) is 4.38. The number of carboxylic acids is 1. The van der Waals surface area contributed by atoms with Crippen LogP contribution in [0, 0.1) is 0 Å². The van der Waals surface area contributed by atoms with E-state index in [1.807, 2.05) is 11.0 Å². The third kappa shape index (κ3) is 3.01. The molecule has 1 saturated carbocycles. The molecule has 1 aliphatic carbocycles. The molecule has 1 aromatic rings. The van der Waals surface area contributed by atoms with Gasteiger partial charge in [-0.15, -0.1) is 0 Å². The van der Waals surface area contributed by atoms with Gasteiger partial charge in [0.25, 0.3) is 0 Å². The fourth-order valence-corrected chi connectivity index (χ4v) is 3.26. The van der Waals surface area contributed by atoms with Gasteiger partial charge in [0, 0.05) is 18.3 Å². The Kier molecular flexibility index (Phi) is 3.82. The van der Waals surface area contributed by atoms with Gasteiger partial charge in [-0.25, -0.2) is 4.79 Å².